The van der Waals surface area contributed by atoms with Crippen molar-refractivity contribution in [3.8, 4) is 33.0 Å². The van der Waals surface area contributed by atoms with E-state index in [4.69, 9.17) is 0 Å². The number of H-pyrrole nitrogens is 2. The number of rotatable bonds is 7. The smallest absolute Gasteiger partial charge is 0.224 e. The molecule has 5 aromatic heterocycles. The molecule has 42 heavy (non-hydrogen) atoms. The van der Waals surface area contributed by atoms with Gasteiger partial charge in [0, 0.05) is 45.6 Å². The van der Waals surface area contributed by atoms with Crippen LogP contribution in [0.15, 0.2) is 67.3 Å². The van der Waals surface area contributed by atoms with Crippen LogP contribution in [0, 0.1) is 5.92 Å². The zero-order valence-corrected chi connectivity index (χ0v) is 24.1. The van der Waals surface area contributed by atoms with Crippen LogP contribution in [0.5, 0.6) is 0 Å². The number of Topliss-reactive ketones (excluding diaryl/α,β-unsaturated/α-hetero) is 1. The fraction of sp³-hybridized carbons (Fsp3) is 0.242. The Morgan fingerprint density at radius 3 is 2.60 bits per heavy atom. The molecule has 1 amide bonds. The molecule has 7 rings (SSSR count). The van der Waals surface area contributed by atoms with Crippen molar-refractivity contribution in [1.29, 1.82) is 0 Å². The van der Waals surface area contributed by atoms with Gasteiger partial charge in [-0.1, -0.05) is 25.3 Å². The second-order valence-electron chi connectivity index (χ2n) is 11.1. The number of anilines is 1. The first kappa shape index (κ1) is 26.3. The quantitative estimate of drug-likeness (QED) is 0.167. The van der Waals surface area contributed by atoms with Gasteiger partial charge in [-0.15, -0.1) is 11.3 Å². The molecule has 0 spiro atoms. The van der Waals surface area contributed by atoms with Crippen molar-refractivity contribution in [2.75, 3.05) is 5.32 Å². The summed E-state index contributed by atoms with van der Waals surface area (Å²) in [6.07, 6.45) is 13.7. The van der Waals surface area contributed by atoms with Gasteiger partial charge >= 0.3 is 0 Å². The number of carbonyl (C=O) groups excluding carboxylic acids is 2. The van der Waals surface area contributed by atoms with E-state index in [0.29, 0.717) is 18.0 Å². The summed E-state index contributed by atoms with van der Waals surface area (Å²) in [4.78, 5) is 38.6. The number of ketones is 1. The van der Waals surface area contributed by atoms with Crippen LogP contribution in [0.2, 0.25) is 0 Å². The Morgan fingerprint density at radius 2 is 1.76 bits per heavy atom. The van der Waals surface area contributed by atoms with Crippen LogP contribution in [-0.4, -0.2) is 36.8 Å². The average Bonchev–Trinajstić information content (AvgIpc) is 3.75. The molecule has 210 valence electrons. The predicted molar refractivity (Wildman–Crippen MR) is 168 cm³/mol. The minimum Gasteiger partial charge on any atom is -0.352 e. The Morgan fingerprint density at radius 1 is 0.905 bits per heavy atom. The van der Waals surface area contributed by atoms with E-state index < -0.39 is 0 Å². The third-order valence-corrected chi connectivity index (χ3v) is 9.36. The number of pyridine rings is 2. The topological polar surface area (TPSA) is 116 Å². The van der Waals surface area contributed by atoms with Crippen LogP contribution in [0.3, 0.4) is 0 Å². The molecule has 0 aliphatic heterocycles. The third-order valence-electron chi connectivity index (χ3n) is 8.14. The number of thiophene rings is 1. The van der Waals surface area contributed by atoms with Crippen molar-refractivity contribution >= 4 is 50.5 Å². The maximum absolute atomic E-state index is 12.7. The van der Waals surface area contributed by atoms with Crippen molar-refractivity contribution in [1.82, 2.24) is 25.1 Å². The number of aromatic nitrogens is 5. The van der Waals surface area contributed by atoms with Crippen molar-refractivity contribution in [3.63, 3.8) is 0 Å². The van der Waals surface area contributed by atoms with Crippen LogP contribution in [0.4, 0.5) is 5.69 Å². The first-order chi connectivity index (χ1) is 20.5. The van der Waals surface area contributed by atoms with Gasteiger partial charge in [0.1, 0.15) is 5.69 Å². The van der Waals surface area contributed by atoms with Gasteiger partial charge < -0.3 is 10.3 Å². The van der Waals surface area contributed by atoms with Crippen molar-refractivity contribution in [2.24, 2.45) is 5.92 Å². The number of fused-ring (bicyclic) bond motifs is 2. The van der Waals surface area contributed by atoms with Gasteiger partial charge in [-0.25, -0.2) is 0 Å². The molecule has 0 atom stereocenters. The Kier molecular flexibility index (Phi) is 6.87. The highest BCUT2D eigenvalue weighted by Gasteiger charge is 2.18. The lowest BCUT2D eigenvalue weighted by molar-refractivity contribution is -0.117. The van der Waals surface area contributed by atoms with E-state index in [0.717, 1.165) is 72.5 Å². The SMILES string of the molecule is CC(=O)c1ccc(-c2cncc3[nH]c(-c4n[nH]c5ccc(-c6cncc(NC(=O)CC7CCCCC7)c6)cc45)cc23)s1. The molecule has 1 aliphatic rings. The molecule has 1 saturated carbocycles. The number of nitrogens with zero attached hydrogens (tertiary/aromatic N) is 3. The molecular weight excluding hydrogens is 544 g/mol. The fourth-order valence-corrected chi connectivity index (χ4v) is 6.90. The Bertz CT molecular complexity index is 1940. The van der Waals surface area contributed by atoms with Gasteiger partial charge in [-0.2, -0.15) is 5.10 Å². The molecule has 0 saturated heterocycles. The molecule has 1 aromatic carbocycles. The number of benzene rings is 1. The van der Waals surface area contributed by atoms with Gasteiger partial charge in [0.15, 0.2) is 5.78 Å². The van der Waals surface area contributed by atoms with Crippen molar-refractivity contribution in [3.05, 3.63) is 72.1 Å². The predicted octanol–water partition coefficient (Wildman–Crippen LogP) is 8.01. The van der Waals surface area contributed by atoms with Crippen molar-refractivity contribution < 1.29 is 9.59 Å². The first-order valence-corrected chi connectivity index (χ1v) is 15.1. The summed E-state index contributed by atoms with van der Waals surface area (Å²) in [5.41, 5.74) is 7.06. The van der Waals surface area contributed by atoms with Gasteiger partial charge in [-0.05, 0) is 67.6 Å². The minimum absolute atomic E-state index is 0.0566. The lowest BCUT2D eigenvalue weighted by Gasteiger charge is -2.20. The normalized spacial score (nSPS) is 14.0. The van der Waals surface area contributed by atoms with Gasteiger partial charge in [0.2, 0.25) is 5.91 Å². The van der Waals surface area contributed by atoms with Gasteiger partial charge in [0.25, 0.3) is 0 Å². The Balaban J connectivity index is 1.19. The second kappa shape index (κ2) is 11.0. The van der Waals surface area contributed by atoms with E-state index in [9.17, 15) is 9.59 Å². The monoisotopic (exact) mass is 574 g/mol. The summed E-state index contributed by atoms with van der Waals surface area (Å²) in [6, 6.07) is 14.0. The molecule has 9 heteroatoms. The third kappa shape index (κ3) is 5.12. The number of amides is 1. The standard InChI is InChI=1S/C33H30N6O2S/c1-19(40)30-9-10-31(42-30)26-17-35-18-29-24(26)14-28(37-29)33-25-13-21(7-8-27(25)38-39-33)22-12-23(16-34-15-22)36-32(41)11-20-5-3-2-4-6-20/h7-10,12-18,20,37H,2-6,11H2,1H3,(H,36,41)(H,38,39). The van der Waals surface area contributed by atoms with Crippen LogP contribution >= 0.6 is 11.3 Å². The van der Waals surface area contributed by atoms with E-state index in [1.165, 1.54) is 30.6 Å². The zero-order chi connectivity index (χ0) is 28.6. The number of nitrogens with one attached hydrogen (secondary N) is 3. The second-order valence-corrected chi connectivity index (χ2v) is 12.2. The number of carbonyl (C=O) groups is 2. The molecule has 8 nitrogen and oxygen atoms in total. The molecule has 1 aliphatic carbocycles. The van der Waals surface area contributed by atoms with E-state index in [1.54, 1.807) is 13.1 Å². The molecule has 0 radical (unpaired) electrons. The molecule has 6 aromatic rings. The average molecular weight is 575 g/mol. The van der Waals surface area contributed by atoms with Crippen LogP contribution in [-0.2, 0) is 4.79 Å². The summed E-state index contributed by atoms with van der Waals surface area (Å²) in [6.45, 7) is 1.58. The summed E-state index contributed by atoms with van der Waals surface area (Å²) < 4.78 is 0. The maximum Gasteiger partial charge on any atom is 0.224 e. The molecule has 5 heterocycles. The maximum atomic E-state index is 12.7. The highest BCUT2D eigenvalue weighted by Crippen LogP contribution is 2.37. The van der Waals surface area contributed by atoms with Crippen LogP contribution in [0.25, 0.3) is 54.8 Å². The van der Waals surface area contributed by atoms with Gasteiger partial charge in [-0.3, -0.25) is 24.7 Å². The summed E-state index contributed by atoms with van der Waals surface area (Å²) >= 11 is 1.47. The van der Waals surface area contributed by atoms with E-state index in [2.05, 4.69) is 42.6 Å². The molecule has 0 bridgehead atoms. The van der Waals surface area contributed by atoms with E-state index in [-0.39, 0.29) is 11.7 Å². The Labute approximate surface area is 246 Å². The molecule has 1 fully saturated rings. The zero-order valence-electron chi connectivity index (χ0n) is 23.2. The van der Waals surface area contributed by atoms with E-state index >= 15 is 0 Å². The first-order valence-electron chi connectivity index (χ1n) is 14.3. The lowest BCUT2D eigenvalue weighted by atomic mass is 9.87. The fourth-order valence-electron chi connectivity index (χ4n) is 5.98. The van der Waals surface area contributed by atoms with Crippen LogP contribution < -0.4 is 5.32 Å². The van der Waals surface area contributed by atoms with Crippen molar-refractivity contribution in [2.45, 2.75) is 45.4 Å². The highest BCUT2D eigenvalue weighted by atomic mass is 32.1. The molecule has 0 unspecified atom stereocenters. The van der Waals surface area contributed by atoms with Crippen LogP contribution in [0.1, 0.15) is 55.1 Å². The van der Waals surface area contributed by atoms with E-state index in [1.807, 2.05) is 48.9 Å². The highest BCUT2D eigenvalue weighted by molar-refractivity contribution is 7.17. The van der Waals surface area contributed by atoms with Gasteiger partial charge in [0.05, 0.1) is 39.7 Å². The summed E-state index contributed by atoms with van der Waals surface area (Å²) in [5.74, 6) is 0.597. The number of hydrogen-bond donors (Lipinski definition) is 3. The Hall–Kier alpha value is -4.63. The lowest BCUT2D eigenvalue weighted by Crippen LogP contribution is -2.18. The minimum atomic E-state index is 0.0566. The summed E-state index contributed by atoms with van der Waals surface area (Å²) in [7, 11) is 0. The molecule has 3 N–H and O–H groups in total. The number of aromatic amines is 2. The number of hydrogen-bond acceptors (Lipinski definition) is 6. The summed E-state index contributed by atoms with van der Waals surface area (Å²) in [5, 5.41) is 12.8. The largest absolute Gasteiger partial charge is 0.352 e. The molecular formula is C33H30N6O2S.